The van der Waals surface area contributed by atoms with Crippen molar-refractivity contribution >= 4 is 21.6 Å². The summed E-state index contributed by atoms with van der Waals surface area (Å²) in [5, 5.41) is 2.86. The lowest BCUT2D eigenvalue weighted by Gasteiger charge is -2.30. The van der Waals surface area contributed by atoms with Crippen molar-refractivity contribution in [2.24, 2.45) is 5.92 Å². The van der Waals surface area contributed by atoms with E-state index in [1.54, 1.807) is 18.2 Å². The summed E-state index contributed by atoms with van der Waals surface area (Å²) >= 11 is 0. The van der Waals surface area contributed by atoms with Crippen LogP contribution in [-0.4, -0.2) is 31.7 Å². The Kier molecular flexibility index (Phi) is 5.67. The Morgan fingerprint density at radius 3 is 2.48 bits per heavy atom. The number of sulfonamides is 1. The van der Waals surface area contributed by atoms with E-state index in [1.807, 2.05) is 32.0 Å². The minimum Gasteiger partial charge on any atom is -0.322 e. The van der Waals surface area contributed by atoms with Gasteiger partial charge in [0.2, 0.25) is 10.0 Å². The van der Waals surface area contributed by atoms with Gasteiger partial charge in [-0.05, 0) is 74.1 Å². The van der Waals surface area contributed by atoms with Gasteiger partial charge < -0.3 is 5.32 Å². The molecule has 3 rings (SSSR count). The highest BCUT2D eigenvalue weighted by atomic mass is 32.2. The standard InChI is InChI=1S/C21H26N2O3S/c1-15-6-5-9-23(14-15)27(25,26)20-8-4-7-18(13-20)21(24)22-19-11-16(2)10-17(3)12-19/h4,7-8,10-13,15H,5-6,9,14H2,1-3H3,(H,22,24). The molecule has 0 aliphatic carbocycles. The van der Waals surface area contributed by atoms with Gasteiger partial charge in [0.05, 0.1) is 4.90 Å². The first-order chi connectivity index (χ1) is 12.8. The van der Waals surface area contributed by atoms with Crippen LogP contribution in [0.1, 0.15) is 41.3 Å². The fraction of sp³-hybridized carbons (Fsp3) is 0.381. The zero-order valence-corrected chi connectivity index (χ0v) is 16.8. The molecule has 6 heteroatoms. The average Bonchev–Trinajstić information content (AvgIpc) is 2.61. The summed E-state index contributed by atoms with van der Waals surface area (Å²) in [6, 6.07) is 12.1. The van der Waals surface area contributed by atoms with Crippen LogP contribution in [0.4, 0.5) is 5.69 Å². The second kappa shape index (κ2) is 7.82. The molecule has 1 atom stereocenters. The first-order valence-electron chi connectivity index (χ1n) is 9.25. The maximum Gasteiger partial charge on any atom is 0.255 e. The number of rotatable bonds is 4. The van der Waals surface area contributed by atoms with E-state index >= 15 is 0 Å². The van der Waals surface area contributed by atoms with E-state index in [2.05, 4.69) is 12.2 Å². The Labute approximate surface area is 161 Å². The number of hydrogen-bond acceptors (Lipinski definition) is 3. The largest absolute Gasteiger partial charge is 0.322 e. The number of nitrogens with one attached hydrogen (secondary N) is 1. The summed E-state index contributed by atoms with van der Waals surface area (Å²) in [5.41, 5.74) is 3.15. The van der Waals surface area contributed by atoms with Crippen molar-refractivity contribution < 1.29 is 13.2 Å². The number of carbonyl (C=O) groups is 1. The monoisotopic (exact) mass is 386 g/mol. The fourth-order valence-corrected chi connectivity index (χ4v) is 5.21. The molecule has 1 aliphatic rings. The molecule has 0 aromatic heterocycles. The third-order valence-electron chi connectivity index (χ3n) is 4.83. The van der Waals surface area contributed by atoms with Crippen LogP contribution < -0.4 is 5.32 Å². The van der Waals surface area contributed by atoms with Crippen LogP contribution in [0.15, 0.2) is 47.4 Å². The smallest absolute Gasteiger partial charge is 0.255 e. The Morgan fingerprint density at radius 1 is 1.11 bits per heavy atom. The minimum atomic E-state index is -3.58. The molecule has 1 saturated heterocycles. The molecule has 0 spiro atoms. The molecular weight excluding hydrogens is 360 g/mol. The Bertz CT molecular complexity index is 933. The van der Waals surface area contributed by atoms with E-state index in [0.29, 0.717) is 30.3 Å². The number of benzene rings is 2. The molecule has 0 bridgehead atoms. The lowest BCUT2D eigenvalue weighted by molar-refractivity contribution is 0.102. The molecule has 1 N–H and O–H groups in total. The summed E-state index contributed by atoms with van der Waals surface area (Å²) in [6.07, 6.45) is 1.91. The van der Waals surface area contributed by atoms with E-state index in [0.717, 1.165) is 24.0 Å². The summed E-state index contributed by atoms with van der Waals surface area (Å²) in [7, 11) is -3.58. The zero-order chi connectivity index (χ0) is 19.6. The van der Waals surface area contributed by atoms with Crippen LogP contribution in [0.3, 0.4) is 0 Å². The van der Waals surface area contributed by atoms with Gasteiger partial charge in [0.25, 0.3) is 5.91 Å². The lowest BCUT2D eigenvalue weighted by atomic mass is 10.0. The van der Waals surface area contributed by atoms with Gasteiger partial charge in [-0.3, -0.25) is 4.79 Å². The Morgan fingerprint density at radius 2 is 1.81 bits per heavy atom. The van der Waals surface area contributed by atoms with E-state index in [9.17, 15) is 13.2 Å². The molecule has 1 heterocycles. The second-order valence-electron chi connectivity index (χ2n) is 7.47. The van der Waals surface area contributed by atoms with Crippen molar-refractivity contribution in [2.75, 3.05) is 18.4 Å². The Hall–Kier alpha value is -2.18. The average molecular weight is 387 g/mol. The summed E-state index contributed by atoms with van der Waals surface area (Å²) < 4.78 is 27.4. The summed E-state index contributed by atoms with van der Waals surface area (Å²) in [6.45, 7) is 7.06. The number of hydrogen-bond donors (Lipinski definition) is 1. The van der Waals surface area contributed by atoms with Crippen LogP contribution >= 0.6 is 0 Å². The normalized spacial score (nSPS) is 18.3. The quantitative estimate of drug-likeness (QED) is 0.864. The first kappa shape index (κ1) is 19.6. The van der Waals surface area contributed by atoms with E-state index < -0.39 is 10.0 Å². The van der Waals surface area contributed by atoms with Gasteiger partial charge in [-0.15, -0.1) is 0 Å². The van der Waals surface area contributed by atoms with Crippen LogP contribution in [0, 0.1) is 19.8 Å². The SMILES string of the molecule is Cc1cc(C)cc(NC(=O)c2cccc(S(=O)(=O)N3CCCC(C)C3)c2)c1. The molecular formula is C21H26N2O3S. The fourth-order valence-electron chi connectivity index (χ4n) is 3.56. The molecule has 1 unspecified atom stereocenters. The number of piperidine rings is 1. The van der Waals surface area contributed by atoms with Gasteiger partial charge >= 0.3 is 0 Å². The molecule has 2 aromatic rings. The molecule has 144 valence electrons. The molecule has 1 aliphatic heterocycles. The molecule has 1 fully saturated rings. The van der Waals surface area contributed by atoms with Crippen molar-refractivity contribution in [1.82, 2.24) is 4.31 Å². The molecule has 0 radical (unpaired) electrons. The first-order valence-corrected chi connectivity index (χ1v) is 10.7. The number of amides is 1. The molecule has 27 heavy (non-hydrogen) atoms. The third kappa shape index (κ3) is 4.57. The van der Waals surface area contributed by atoms with Gasteiger partial charge in [-0.1, -0.05) is 19.1 Å². The minimum absolute atomic E-state index is 0.171. The van der Waals surface area contributed by atoms with Crippen LogP contribution in [0.25, 0.3) is 0 Å². The van der Waals surface area contributed by atoms with Crippen molar-refractivity contribution in [3.05, 3.63) is 59.2 Å². The van der Waals surface area contributed by atoms with E-state index in [4.69, 9.17) is 0 Å². The number of carbonyl (C=O) groups excluding carboxylic acids is 1. The lowest BCUT2D eigenvalue weighted by Crippen LogP contribution is -2.39. The van der Waals surface area contributed by atoms with Crippen LogP contribution in [0.5, 0.6) is 0 Å². The van der Waals surface area contributed by atoms with E-state index in [-0.39, 0.29) is 10.8 Å². The van der Waals surface area contributed by atoms with Crippen molar-refractivity contribution in [2.45, 2.75) is 38.5 Å². The maximum absolute atomic E-state index is 12.9. The van der Waals surface area contributed by atoms with Gasteiger partial charge in [-0.2, -0.15) is 4.31 Å². The molecule has 2 aromatic carbocycles. The predicted molar refractivity (Wildman–Crippen MR) is 107 cm³/mol. The summed E-state index contributed by atoms with van der Waals surface area (Å²) in [5.74, 6) is 0.0358. The number of aryl methyl sites for hydroxylation is 2. The van der Waals surface area contributed by atoms with Crippen LogP contribution in [-0.2, 0) is 10.0 Å². The van der Waals surface area contributed by atoms with Crippen molar-refractivity contribution in [3.8, 4) is 0 Å². The molecule has 5 nitrogen and oxygen atoms in total. The zero-order valence-electron chi connectivity index (χ0n) is 16.0. The number of nitrogens with zero attached hydrogens (tertiary/aromatic N) is 1. The predicted octanol–water partition coefficient (Wildman–Crippen LogP) is 3.98. The van der Waals surface area contributed by atoms with Crippen molar-refractivity contribution in [3.63, 3.8) is 0 Å². The van der Waals surface area contributed by atoms with E-state index in [1.165, 1.54) is 10.4 Å². The number of anilines is 1. The van der Waals surface area contributed by atoms with Crippen LogP contribution in [0.2, 0.25) is 0 Å². The van der Waals surface area contributed by atoms with Gasteiger partial charge in [0.1, 0.15) is 0 Å². The highest BCUT2D eigenvalue weighted by Crippen LogP contribution is 2.24. The third-order valence-corrected chi connectivity index (χ3v) is 6.69. The summed E-state index contributed by atoms with van der Waals surface area (Å²) in [4.78, 5) is 12.8. The highest BCUT2D eigenvalue weighted by molar-refractivity contribution is 7.89. The van der Waals surface area contributed by atoms with Gasteiger partial charge in [0, 0.05) is 24.3 Å². The topological polar surface area (TPSA) is 66.5 Å². The highest BCUT2D eigenvalue weighted by Gasteiger charge is 2.29. The van der Waals surface area contributed by atoms with Crippen molar-refractivity contribution in [1.29, 1.82) is 0 Å². The van der Waals surface area contributed by atoms with Gasteiger partial charge in [-0.25, -0.2) is 8.42 Å². The van der Waals surface area contributed by atoms with Gasteiger partial charge in [0.15, 0.2) is 0 Å². The molecule has 0 saturated carbocycles. The Balaban J connectivity index is 1.83. The second-order valence-corrected chi connectivity index (χ2v) is 9.41. The molecule has 1 amide bonds. The maximum atomic E-state index is 12.9.